The molecule has 0 heterocycles. The molecule has 2 unspecified atom stereocenters. The number of nitrogens with one attached hydrogen (secondary N) is 1. The van der Waals surface area contributed by atoms with E-state index >= 15 is 0 Å². The monoisotopic (exact) mass is 533 g/mol. The van der Waals surface area contributed by atoms with Crippen molar-refractivity contribution in [2.45, 2.75) is 49.8 Å². The van der Waals surface area contributed by atoms with E-state index in [9.17, 15) is 31.1 Å². The third-order valence-corrected chi connectivity index (χ3v) is 6.56. The lowest BCUT2D eigenvalue weighted by molar-refractivity contribution is -0.143. The van der Waals surface area contributed by atoms with Gasteiger partial charge in [-0.1, -0.05) is 72.8 Å². The van der Waals surface area contributed by atoms with Crippen molar-refractivity contribution in [1.82, 2.24) is 5.32 Å². The summed E-state index contributed by atoms with van der Waals surface area (Å²) in [5.41, 5.74) is -3.20. The van der Waals surface area contributed by atoms with Crippen molar-refractivity contribution in [1.29, 1.82) is 0 Å². The summed E-state index contributed by atoms with van der Waals surface area (Å²) in [5.74, 6) is -1.25. The van der Waals surface area contributed by atoms with Gasteiger partial charge in [-0.3, -0.25) is 5.32 Å². The van der Waals surface area contributed by atoms with Gasteiger partial charge in [0.1, 0.15) is 6.10 Å². The molecule has 1 aliphatic rings. The number of esters is 1. The van der Waals surface area contributed by atoms with Crippen LogP contribution in [0.2, 0.25) is 0 Å². The van der Waals surface area contributed by atoms with Crippen LogP contribution >= 0.6 is 0 Å². The van der Waals surface area contributed by atoms with E-state index in [4.69, 9.17) is 4.74 Å². The van der Waals surface area contributed by atoms with Crippen LogP contribution in [-0.2, 0) is 29.2 Å². The first kappa shape index (κ1) is 27.4. The lowest BCUT2D eigenvalue weighted by atomic mass is 9.80. The Hall–Kier alpha value is -3.59. The van der Waals surface area contributed by atoms with Gasteiger partial charge in [0.25, 0.3) is 0 Å². The van der Waals surface area contributed by atoms with E-state index in [-0.39, 0.29) is 6.07 Å². The minimum atomic E-state index is -5.08. The lowest BCUT2D eigenvalue weighted by Crippen LogP contribution is -2.52. The van der Waals surface area contributed by atoms with E-state index < -0.39 is 46.7 Å². The number of benzene rings is 3. The Morgan fingerprint density at radius 1 is 0.842 bits per heavy atom. The topological polar surface area (TPSA) is 38.3 Å². The predicted octanol–water partition coefficient (Wildman–Crippen LogP) is 7.68. The van der Waals surface area contributed by atoms with E-state index in [2.05, 4.69) is 5.32 Å². The number of carbonyl (C=O) groups excluding carboxylic acids is 1. The van der Waals surface area contributed by atoms with Crippen molar-refractivity contribution in [2.24, 2.45) is 0 Å². The van der Waals surface area contributed by atoms with Gasteiger partial charge in [0.15, 0.2) is 0 Å². The van der Waals surface area contributed by atoms with Crippen LogP contribution in [0.25, 0.3) is 0 Å². The number of halogens is 6. The third-order valence-electron chi connectivity index (χ3n) is 6.56. The molecular formula is C29H25F6NO2. The molecule has 200 valence electrons. The lowest BCUT2D eigenvalue weighted by Gasteiger charge is -2.40. The largest absolute Gasteiger partial charge is 0.456 e. The summed E-state index contributed by atoms with van der Waals surface area (Å²) in [4.78, 5) is 13.2. The fourth-order valence-electron chi connectivity index (χ4n) is 4.63. The van der Waals surface area contributed by atoms with Crippen LogP contribution in [-0.4, -0.2) is 12.1 Å². The number of hydrogen-bond acceptors (Lipinski definition) is 3. The first-order valence-corrected chi connectivity index (χ1v) is 12.0. The van der Waals surface area contributed by atoms with Crippen LogP contribution in [0.3, 0.4) is 0 Å². The molecule has 1 aliphatic carbocycles. The Kier molecular flexibility index (Phi) is 7.97. The fourth-order valence-corrected chi connectivity index (χ4v) is 4.63. The average molecular weight is 534 g/mol. The average Bonchev–Trinajstić information content (AvgIpc) is 3.10. The van der Waals surface area contributed by atoms with Gasteiger partial charge >= 0.3 is 18.3 Å². The second-order valence-corrected chi connectivity index (χ2v) is 9.12. The second-order valence-electron chi connectivity index (χ2n) is 9.12. The summed E-state index contributed by atoms with van der Waals surface area (Å²) >= 11 is 0. The Bertz CT molecular complexity index is 1240. The molecule has 3 aromatic carbocycles. The van der Waals surface area contributed by atoms with Crippen LogP contribution in [0.1, 0.15) is 51.9 Å². The van der Waals surface area contributed by atoms with Crippen LogP contribution in [0.4, 0.5) is 26.3 Å². The summed E-state index contributed by atoms with van der Waals surface area (Å²) in [5, 5.41) is 3.50. The van der Waals surface area contributed by atoms with Crippen molar-refractivity contribution in [3.63, 3.8) is 0 Å². The highest BCUT2D eigenvalue weighted by atomic mass is 19.4. The van der Waals surface area contributed by atoms with Gasteiger partial charge in [0, 0.05) is 6.54 Å². The van der Waals surface area contributed by atoms with Gasteiger partial charge in [-0.15, -0.1) is 0 Å². The molecule has 0 saturated carbocycles. The highest BCUT2D eigenvalue weighted by Crippen LogP contribution is 2.39. The highest BCUT2D eigenvalue weighted by Gasteiger charge is 2.43. The molecule has 0 amide bonds. The molecule has 3 nitrogen and oxygen atoms in total. The number of rotatable bonds is 6. The molecule has 0 spiro atoms. The molecule has 0 fully saturated rings. The van der Waals surface area contributed by atoms with Crippen molar-refractivity contribution in [2.75, 3.05) is 0 Å². The summed E-state index contributed by atoms with van der Waals surface area (Å²) in [7, 11) is 0. The minimum absolute atomic E-state index is 0.0119. The molecule has 0 aliphatic heterocycles. The standard InChI is InChI=1S/C29H25F6NO2/c30-28(31,32)23-16-21(17-24(18-23)29(33,34)35)26(37)38-25-14-8-3-9-15-27(25,22-12-6-2-7-13-22)36-19-20-10-4-1-5-11-20/h1-7,9-13,16-18,25,36H,8,14-15,19H2. The zero-order valence-electron chi connectivity index (χ0n) is 20.2. The first-order chi connectivity index (χ1) is 18.0. The van der Waals surface area contributed by atoms with Crippen molar-refractivity contribution < 1.29 is 35.9 Å². The molecule has 0 aromatic heterocycles. The smallest absolute Gasteiger partial charge is 0.416 e. The van der Waals surface area contributed by atoms with Crippen LogP contribution in [0, 0.1) is 0 Å². The number of hydrogen-bond donors (Lipinski definition) is 1. The second kappa shape index (κ2) is 11.0. The Morgan fingerprint density at radius 2 is 1.42 bits per heavy atom. The van der Waals surface area contributed by atoms with Crippen molar-refractivity contribution in [3.05, 3.63) is 119 Å². The van der Waals surface area contributed by atoms with E-state index in [0.717, 1.165) is 11.1 Å². The molecule has 3 aromatic rings. The molecule has 9 heteroatoms. The van der Waals surface area contributed by atoms with Crippen LogP contribution < -0.4 is 5.32 Å². The van der Waals surface area contributed by atoms with Gasteiger partial charge in [-0.25, -0.2) is 4.79 Å². The fraction of sp³-hybridized carbons (Fsp3) is 0.276. The Morgan fingerprint density at radius 3 is 2.00 bits per heavy atom. The van der Waals surface area contributed by atoms with Gasteiger partial charge in [-0.2, -0.15) is 26.3 Å². The van der Waals surface area contributed by atoms with E-state index in [0.29, 0.717) is 37.9 Å². The summed E-state index contributed by atoms with van der Waals surface area (Å²) in [6, 6.07) is 19.4. The van der Waals surface area contributed by atoms with E-state index in [1.54, 1.807) is 0 Å². The number of allylic oxidation sites excluding steroid dienone is 1. The van der Waals surface area contributed by atoms with Gasteiger partial charge in [-0.05, 0) is 48.6 Å². The van der Waals surface area contributed by atoms with E-state index in [1.165, 1.54) is 0 Å². The maximum absolute atomic E-state index is 13.4. The van der Waals surface area contributed by atoms with Gasteiger partial charge < -0.3 is 4.74 Å². The Labute approximate surface area is 216 Å². The number of carbonyl (C=O) groups is 1. The minimum Gasteiger partial charge on any atom is -0.456 e. The molecular weight excluding hydrogens is 508 g/mol. The SMILES string of the molecule is O=C(OC1CCC=CCC1(NCc1ccccc1)c1ccccc1)c1cc(C(F)(F)F)cc(C(F)(F)F)c1. The number of ether oxygens (including phenoxy) is 1. The van der Waals surface area contributed by atoms with Gasteiger partial charge in [0.2, 0.25) is 0 Å². The molecule has 1 N–H and O–H groups in total. The van der Waals surface area contributed by atoms with Crippen molar-refractivity contribution >= 4 is 5.97 Å². The molecule has 4 rings (SSSR count). The molecule has 0 saturated heterocycles. The zero-order valence-corrected chi connectivity index (χ0v) is 20.2. The normalized spacial score (nSPS) is 20.1. The third kappa shape index (κ3) is 6.27. The molecule has 2 atom stereocenters. The van der Waals surface area contributed by atoms with Gasteiger partial charge in [0.05, 0.1) is 22.2 Å². The Balaban J connectivity index is 1.73. The summed E-state index contributed by atoms with van der Waals surface area (Å²) < 4.78 is 86.1. The van der Waals surface area contributed by atoms with Crippen molar-refractivity contribution in [3.8, 4) is 0 Å². The number of alkyl halides is 6. The maximum atomic E-state index is 13.4. The summed E-state index contributed by atoms with van der Waals surface area (Å²) in [6.07, 6.45) is -5.98. The summed E-state index contributed by atoms with van der Waals surface area (Å²) in [6.45, 7) is 0.388. The molecule has 0 bridgehead atoms. The first-order valence-electron chi connectivity index (χ1n) is 12.0. The quantitative estimate of drug-likeness (QED) is 0.201. The highest BCUT2D eigenvalue weighted by molar-refractivity contribution is 5.90. The van der Waals surface area contributed by atoms with Crippen LogP contribution in [0.15, 0.2) is 91.0 Å². The predicted molar refractivity (Wildman–Crippen MR) is 130 cm³/mol. The molecule has 0 radical (unpaired) electrons. The van der Waals surface area contributed by atoms with E-state index in [1.807, 2.05) is 72.8 Å². The van der Waals surface area contributed by atoms with Crippen LogP contribution in [0.5, 0.6) is 0 Å². The maximum Gasteiger partial charge on any atom is 0.416 e. The zero-order chi connectivity index (χ0) is 27.4. The molecule has 38 heavy (non-hydrogen) atoms.